The van der Waals surface area contributed by atoms with E-state index in [0.717, 1.165) is 15.8 Å². The summed E-state index contributed by atoms with van der Waals surface area (Å²) < 4.78 is 12.7. The van der Waals surface area contributed by atoms with Crippen LogP contribution in [0.15, 0.2) is 33.6 Å². The van der Waals surface area contributed by atoms with Crippen molar-refractivity contribution in [2.45, 2.75) is 24.3 Å². The molecule has 2 atom stereocenters. The van der Waals surface area contributed by atoms with Gasteiger partial charge in [0.25, 0.3) is 0 Å². The molecule has 0 aliphatic heterocycles. The van der Waals surface area contributed by atoms with Crippen LogP contribution in [-0.4, -0.2) is 16.0 Å². The van der Waals surface area contributed by atoms with Crippen molar-refractivity contribution in [2.75, 3.05) is 5.75 Å². The van der Waals surface area contributed by atoms with Gasteiger partial charge in [-0.15, -0.1) is 0 Å². The highest BCUT2D eigenvalue weighted by Crippen LogP contribution is 2.20. The third-order valence-corrected chi connectivity index (χ3v) is 4.50. The second kappa shape index (κ2) is 5.63. The highest BCUT2D eigenvalue weighted by atomic mass is 79.9. The zero-order valence-corrected chi connectivity index (χ0v) is 10.5. The number of rotatable bonds is 4. The van der Waals surface area contributed by atoms with Gasteiger partial charge in [-0.3, -0.25) is 4.21 Å². The number of benzene rings is 1. The molecule has 14 heavy (non-hydrogen) atoms. The summed E-state index contributed by atoms with van der Waals surface area (Å²) in [6.07, 6.45) is 0.857. The number of hydrogen-bond acceptors (Lipinski definition) is 2. The summed E-state index contributed by atoms with van der Waals surface area (Å²) in [7, 11) is -0.997. The summed E-state index contributed by atoms with van der Waals surface area (Å²) >= 11 is 3.37. The lowest BCUT2D eigenvalue weighted by molar-refractivity contribution is 0.663. The summed E-state index contributed by atoms with van der Waals surface area (Å²) in [5.41, 5.74) is 5.75. The van der Waals surface area contributed by atoms with Crippen LogP contribution in [-0.2, 0) is 10.8 Å². The van der Waals surface area contributed by atoms with Gasteiger partial charge in [0.2, 0.25) is 0 Å². The average molecular weight is 276 g/mol. The molecule has 0 amide bonds. The SMILES string of the molecule is CCC(N)CS(=O)c1ccccc1Br. The van der Waals surface area contributed by atoms with E-state index in [1.165, 1.54) is 0 Å². The van der Waals surface area contributed by atoms with Crippen molar-refractivity contribution in [3.05, 3.63) is 28.7 Å². The van der Waals surface area contributed by atoms with Gasteiger partial charge in [0, 0.05) is 16.3 Å². The standard InChI is InChI=1S/C10H14BrNOS/c1-2-8(12)7-14(13)10-6-4-3-5-9(10)11/h3-6,8H,2,7,12H2,1H3. The fraction of sp³-hybridized carbons (Fsp3) is 0.400. The molecular formula is C10H14BrNOS. The molecule has 0 radical (unpaired) electrons. The van der Waals surface area contributed by atoms with Crippen molar-refractivity contribution in [2.24, 2.45) is 5.73 Å². The third-order valence-electron chi connectivity index (χ3n) is 1.97. The molecule has 1 aromatic rings. The second-order valence-corrected chi connectivity index (χ2v) is 5.43. The van der Waals surface area contributed by atoms with Gasteiger partial charge >= 0.3 is 0 Å². The molecule has 0 saturated heterocycles. The van der Waals surface area contributed by atoms with E-state index in [-0.39, 0.29) is 6.04 Å². The van der Waals surface area contributed by atoms with Crippen molar-refractivity contribution in [3.8, 4) is 0 Å². The van der Waals surface area contributed by atoms with Crippen molar-refractivity contribution < 1.29 is 4.21 Å². The zero-order valence-electron chi connectivity index (χ0n) is 8.07. The molecule has 4 heteroatoms. The van der Waals surface area contributed by atoms with Gasteiger partial charge in [-0.05, 0) is 34.5 Å². The molecule has 0 bridgehead atoms. The quantitative estimate of drug-likeness (QED) is 0.917. The average Bonchev–Trinajstić information content (AvgIpc) is 2.18. The molecule has 0 spiro atoms. The molecule has 2 unspecified atom stereocenters. The fourth-order valence-corrected chi connectivity index (χ4v) is 3.18. The minimum atomic E-state index is -0.997. The molecule has 1 aromatic carbocycles. The minimum Gasteiger partial charge on any atom is -0.327 e. The van der Waals surface area contributed by atoms with Crippen LogP contribution in [0.5, 0.6) is 0 Å². The van der Waals surface area contributed by atoms with Crippen LogP contribution in [0.2, 0.25) is 0 Å². The van der Waals surface area contributed by atoms with Crippen LogP contribution in [0.4, 0.5) is 0 Å². The lowest BCUT2D eigenvalue weighted by Gasteiger charge is -2.09. The van der Waals surface area contributed by atoms with E-state index in [4.69, 9.17) is 5.73 Å². The predicted octanol–water partition coefficient (Wildman–Crippen LogP) is 2.29. The smallest absolute Gasteiger partial charge is 0.0556 e. The van der Waals surface area contributed by atoms with Gasteiger partial charge in [-0.1, -0.05) is 19.1 Å². The Morgan fingerprint density at radius 1 is 1.50 bits per heavy atom. The lowest BCUT2D eigenvalue weighted by atomic mass is 10.3. The zero-order chi connectivity index (χ0) is 10.6. The second-order valence-electron chi connectivity index (χ2n) is 3.11. The molecule has 0 aliphatic rings. The molecule has 2 N–H and O–H groups in total. The van der Waals surface area contributed by atoms with Crippen LogP contribution in [0.25, 0.3) is 0 Å². The van der Waals surface area contributed by atoms with E-state index < -0.39 is 10.8 Å². The van der Waals surface area contributed by atoms with Gasteiger partial charge in [0.1, 0.15) is 0 Å². The number of halogens is 1. The van der Waals surface area contributed by atoms with E-state index >= 15 is 0 Å². The molecule has 0 heterocycles. The summed E-state index contributed by atoms with van der Waals surface area (Å²) in [6.45, 7) is 2.00. The number of hydrogen-bond donors (Lipinski definition) is 1. The summed E-state index contributed by atoms with van der Waals surface area (Å²) in [6, 6.07) is 7.57. The van der Waals surface area contributed by atoms with Crippen LogP contribution >= 0.6 is 15.9 Å². The number of nitrogens with two attached hydrogens (primary N) is 1. The molecule has 2 nitrogen and oxygen atoms in total. The molecule has 1 rings (SSSR count). The fourth-order valence-electron chi connectivity index (χ4n) is 1.03. The van der Waals surface area contributed by atoms with Gasteiger partial charge in [-0.25, -0.2) is 0 Å². The molecular weight excluding hydrogens is 262 g/mol. The normalized spacial score (nSPS) is 15.1. The van der Waals surface area contributed by atoms with E-state index in [1.807, 2.05) is 31.2 Å². The van der Waals surface area contributed by atoms with Crippen LogP contribution in [0.3, 0.4) is 0 Å². The van der Waals surface area contributed by atoms with E-state index in [9.17, 15) is 4.21 Å². The molecule has 0 saturated carbocycles. The molecule has 0 aromatic heterocycles. The van der Waals surface area contributed by atoms with Crippen molar-refractivity contribution in [3.63, 3.8) is 0 Å². The van der Waals surface area contributed by atoms with Crippen LogP contribution in [0.1, 0.15) is 13.3 Å². The maximum atomic E-state index is 11.8. The Labute approximate surface area is 95.5 Å². The van der Waals surface area contributed by atoms with E-state index in [2.05, 4.69) is 15.9 Å². The minimum absolute atomic E-state index is 0.0166. The Hall–Kier alpha value is -0.190. The Balaban J connectivity index is 2.75. The summed E-state index contributed by atoms with van der Waals surface area (Å²) in [5.74, 6) is 0.527. The molecule has 0 fully saturated rings. The molecule has 78 valence electrons. The maximum absolute atomic E-state index is 11.8. The molecule has 0 aliphatic carbocycles. The largest absolute Gasteiger partial charge is 0.327 e. The van der Waals surface area contributed by atoms with Crippen molar-refractivity contribution in [1.82, 2.24) is 0 Å². The van der Waals surface area contributed by atoms with Gasteiger partial charge in [0.15, 0.2) is 0 Å². The highest BCUT2D eigenvalue weighted by molar-refractivity contribution is 9.10. The van der Waals surface area contributed by atoms with Gasteiger partial charge in [0.05, 0.1) is 15.7 Å². The van der Waals surface area contributed by atoms with Crippen molar-refractivity contribution >= 4 is 26.7 Å². The monoisotopic (exact) mass is 275 g/mol. The van der Waals surface area contributed by atoms with Gasteiger partial charge in [-0.2, -0.15) is 0 Å². The lowest BCUT2D eigenvalue weighted by Crippen LogP contribution is -2.26. The predicted molar refractivity (Wildman–Crippen MR) is 63.7 cm³/mol. The summed E-state index contributed by atoms with van der Waals surface area (Å²) in [4.78, 5) is 0.830. The Kier molecular flexibility index (Phi) is 4.78. The first kappa shape index (κ1) is 11.9. The van der Waals surface area contributed by atoms with E-state index in [0.29, 0.717) is 5.75 Å². The first-order chi connectivity index (χ1) is 6.65. The third kappa shape index (κ3) is 3.19. The van der Waals surface area contributed by atoms with Gasteiger partial charge < -0.3 is 5.73 Å². The maximum Gasteiger partial charge on any atom is 0.0556 e. The van der Waals surface area contributed by atoms with Crippen LogP contribution in [0, 0.1) is 0 Å². The van der Waals surface area contributed by atoms with E-state index in [1.54, 1.807) is 0 Å². The first-order valence-corrected chi connectivity index (χ1v) is 6.64. The summed E-state index contributed by atoms with van der Waals surface area (Å²) in [5, 5.41) is 0. The topological polar surface area (TPSA) is 43.1 Å². The Bertz CT molecular complexity index is 330. The first-order valence-electron chi connectivity index (χ1n) is 4.53. The highest BCUT2D eigenvalue weighted by Gasteiger charge is 2.10. The Morgan fingerprint density at radius 2 is 2.14 bits per heavy atom. The van der Waals surface area contributed by atoms with Crippen LogP contribution < -0.4 is 5.73 Å². The van der Waals surface area contributed by atoms with Crippen molar-refractivity contribution in [1.29, 1.82) is 0 Å². The Morgan fingerprint density at radius 3 is 2.71 bits per heavy atom.